The number of anilines is 1. The number of hydrogen-bond donors (Lipinski definition) is 7. The average molecular weight is 1150 g/mol. The summed E-state index contributed by atoms with van der Waals surface area (Å²) in [4.78, 5) is 95.5. The number of Topliss-reactive ketones (excluding diaryl/α,β-unsaturated/α-hetero) is 1. The van der Waals surface area contributed by atoms with Crippen LogP contribution in [0.4, 0.5) is 11.5 Å². The lowest BCUT2D eigenvalue weighted by Crippen LogP contribution is -2.26. The molecule has 1 saturated heterocycles. The number of aromatic nitrogens is 3. The molecule has 5 aromatic rings. The van der Waals surface area contributed by atoms with Crippen molar-refractivity contribution in [2.45, 2.75) is 71.2 Å². The number of methoxy groups -OCH3 is 1. The van der Waals surface area contributed by atoms with Crippen LogP contribution in [0.3, 0.4) is 0 Å². The Labute approximate surface area is 446 Å². The van der Waals surface area contributed by atoms with Crippen LogP contribution >= 0.6 is 23.5 Å². The highest BCUT2D eigenvalue weighted by molar-refractivity contribution is 7.66. The van der Waals surface area contributed by atoms with Gasteiger partial charge in [0.15, 0.2) is 11.2 Å². The number of fused-ring (bicyclic) bond motifs is 3. The van der Waals surface area contributed by atoms with Crippen LogP contribution in [0, 0.1) is 27.4 Å². The molecule has 27 nitrogen and oxygen atoms in total. The molecule has 79 heavy (non-hydrogen) atoms. The fourth-order valence-corrected chi connectivity index (χ4v) is 11.9. The monoisotopic (exact) mass is 1150 g/mol. The molecule has 8 rings (SSSR count). The number of ether oxygens (including phenoxy) is 4. The lowest BCUT2D eigenvalue weighted by atomic mass is 9.83. The molecule has 6 atom stereocenters. The van der Waals surface area contributed by atoms with E-state index in [-0.39, 0.29) is 111 Å². The second kappa shape index (κ2) is 22.9. The molecule has 3 aromatic carbocycles. The van der Waals surface area contributed by atoms with Crippen molar-refractivity contribution in [3.8, 4) is 51.5 Å². The molecule has 2 aromatic heterocycles. The predicted octanol–water partition coefficient (Wildman–Crippen LogP) is 7.36. The number of nitrogen functional groups attached to an aromatic ring is 1. The minimum Gasteiger partial charge on any atom is -0.508 e. The van der Waals surface area contributed by atoms with Crippen LogP contribution in [0.5, 0.6) is 17.2 Å². The van der Waals surface area contributed by atoms with Gasteiger partial charge in [-0.15, -0.1) is 0 Å². The molecule has 8 N–H and O–H groups in total. The predicted molar refractivity (Wildman–Crippen MR) is 276 cm³/mol. The number of aliphatic hydroxyl groups is 1. The van der Waals surface area contributed by atoms with Crippen molar-refractivity contribution in [2.75, 3.05) is 19.5 Å². The number of phosphoric acid groups is 3. The Bertz CT molecular complexity index is 3790. The molecule has 1 fully saturated rings. The number of nitrogens with two attached hydrogens (primary N) is 1. The van der Waals surface area contributed by atoms with Crippen molar-refractivity contribution >= 4 is 69.2 Å². The van der Waals surface area contributed by atoms with E-state index in [9.17, 15) is 58.2 Å². The standard InChI is InChI=1S/C49H48N5O22P3/c1-49(2,3)46(70-22-28-21-53(48-44(28)47(50)51-24-52-48)43-20-37(59)42(74-43)23-72-78(65,66)76-79(67,68)75-77(62,63)64)33-19-39(69-4)27(16-35(33)54(60)61)7-5-6-8-36(58)26-9-14-38(71-25-55)34(15-26)45-31-12-10-29(56)17-40(31)73-41-18-30(57)11-13-32(41)45/h9-19,21,24-25,37,42-43,46,56,59H,6,8,20,22-23H2,1-4H3,(H,65,66)(H,67,68)(H2,50,51,52)(H2,62,63,64)/t37?,42-,43-,46-/m1/s1. The van der Waals surface area contributed by atoms with Crippen LogP contribution in [0.1, 0.15) is 79.4 Å². The van der Waals surface area contributed by atoms with E-state index in [2.05, 4.69) is 35.0 Å². The topological polar surface area (TPSA) is 401 Å². The van der Waals surface area contributed by atoms with E-state index >= 15 is 0 Å². The van der Waals surface area contributed by atoms with Gasteiger partial charge in [-0.2, -0.15) is 8.62 Å². The van der Waals surface area contributed by atoms with E-state index in [1.54, 1.807) is 32.9 Å². The van der Waals surface area contributed by atoms with E-state index < -0.39 is 65.0 Å². The number of phosphoric ester groups is 1. The molecule has 0 amide bonds. The van der Waals surface area contributed by atoms with Gasteiger partial charge < -0.3 is 63.5 Å². The Balaban J connectivity index is 1.01. The molecular weight excluding hydrogens is 1100 g/mol. The number of carbonyl (C=O) groups excluding carboxylic acids is 2. The first kappa shape index (κ1) is 57.9. The van der Waals surface area contributed by atoms with Crippen molar-refractivity contribution in [1.29, 1.82) is 0 Å². The number of aliphatic hydroxyl groups excluding tert-OH is 1. The summed E-state index contributed by atoms with van der Waals surface area (Å²) in [6.45, 7) is 4.40. The molecule has 0 spiro atoms. The van der Waals surface area contributed by atoms with Crippen molar-refractivity contribution in [1.82, 2.24) is 14.5 Å². The Hall–Kier alpha value is -7.24. The van der Waals surface area contributed by atoms with Crippen LogP contribution in [-0.4, -0.2) is 87.4 Å². The van der Waals surface area contributed by atoms with Gasteiger partial charge in [-0.05, 0) is 53.9 Å². The third kappa shape index (κ3) is 13.3. The van der Waals surface area contributed by atoms with Gasteiger partial charge in [0.2, 0.25) is 0 Å². The van der Waals surface area contributed by atoms with Gasteiger partial charge >= 0.3 is 23.5 Å². The van der Waals surface area contributed by atoms with E-state index in [0.717, 1.165) is 6.33 Å². The maximum Gasteiger partial charge on any atom is 0.490 e. The number of nitro benzene ring substituents is 1. The SMILES string of the molecule is COc1cc([C@@H](OCc2cn([C@H]3CC(O)[C@@H](COP(=O)(O)OP(=O)(O)OP(=O)(O)O)O3)c3ncnc(N)c23)C(C)(C)C)c([N+](=O)[O-])cc1C#CCCC(=O)c1ccc(OC=O)c(-c2c3ccc(=O)cc-3oc3cc(O)ccc23)c1. The molecule has 2 aliphatic heterocycles. The summed E-state index contributed by atoms with van der Waals surface area (Å²) in [6, 6.07) is 15.7. The fraction of sp³-hybridized carbons (Fsp3) is 0.286. The number of nitro groups is 1. The van der Waals surface area contributed by atoms with Crippen molar-refractivity contribution in [3.05, 3.63) is 122 Å². The minimum atomic E-state index is -5.82. The maximum atomic E-state index is 13.8. The molecule has 3 aliphatic rings. The van der Waals surface area contributed by atoms with Crippen LogP contribution in [-0.2, 0) is 47.7 Å². The van der Waals surface area contributed by atoms with Crippen LogP contribution < -0.4 is 20.6 Å². The summed E-state index contributed by atoms with van der Waals surface area (Å²) in [6.07, 6.45) is -2.51. The maximum absolute atomic E-state index is 13.8. The molecule has 30 heteroatoms. The number of nitrogens with zero attached hydrogens (tertiary/aromatic N) is 4. The lowest BCUT2D eigenvalue weighted by molar-refractivity contribution is -0.386. The number of aromatic hydroxyl groups is 1. The zero-order valence-electron chi connectivity index (χ0n) is 41.9. The fourth-order valence-electron chi connectivity index (χ4n) is 8.90. The molecule has 3 unspecified atom stereocenters. The highest BCUT2D eigenvalue weighted by Crippen LogP contribution is 2.66. The minimum absolute atomic E-state index is 0.00363. The Kier molecular flexibility index (Phi) is 16.8. The second-order valence-electron chi connectivity index (χ2n) is 18.7. The molecule has 4 heterocycles. The first-order chi connectivity index (χ1) is 37.2. The third-order valence-electron chi connectivity index (χ3n) is 12.2. The van der Waals surface area contributed by atoms with Crippen LogP contribution in [0.25, 0.3) is 44.5 Å². The number of rotatable bonds is 20. The number of carbonyl (C=O) groups is 2. The van der Waals surface area contributed by atoms with Gasteiger partial charge in [-0.3, -0.25) is 29.0 Å². The van der Waals surface area contributed by atoms with Crippen molar-refractivity contribution < 1.29 is 94.5 Å². The smallest absolute Gasteiger partial charge is 0.490 e. The Morgan fingerprint density at radius 1 is 1.00 bits per heavy atom. The highest BCUT2D eigenvalue weighted by Gasteiger charge is 2.43. The molecular formula is C49H48N5O22P3. The molecule has 0 bridgehead atoms. The van der Waals surface area contributed by atoms with Crippen molar-refractivity contribution in [3.63, 3.8) is 0 Å². The first-order valence-corrected chi connectivity index (χ1v) is 27.8. The number of ketones is 1. The number of benzene rings is 4. The summed E-state index contributed by atoms with van der Waals surface area (Å²) < 4.78 is 78.2. The van der Waals surface area contributed by atoms with Gasteiger partial charge in [0.25, 0.3) is 12.2 Å². The van der Waals surface area contributed by atoms with Gasteiger partial charge in [-0.1, -0.05) is 32.6 Å². The normalized spacial score (nSPS) is 17.7. The molecule has 0 saturated carbocycles. The molecule has 1 aliphatic carbocycles. The quantitative estimate of drug-likeness (QED) is 0.00745. The molecule has 0 radical (unpaired) electrons. The molecule has 416 valence electrons. The first-order valence-electron chi connectivity index (χ1n) is 23.3. The number of phenolic OH excluding ortho intramolecular Hbond substituents is 1. The third-order valence-corrected chi connectivity index (χ3v) is 16.0. The average Bonchev–Trinajstić information content (AvgIpc) is 4.09. The number of phenols is 1. The second-order valence-corrected chi connectivity index (χ2v) is 23.1. The largest absolute Gasteiger partial charge is 0.508 e. The number of hydrogen-bond acceptors (Lipinski definition) is 21. The highest BCUT2D eigenvalue weighted by atomic mass is 31.3. The van der Waals surface area contributed by atoms with Gasteiger partial charge in [0.1, 0.15) is 58.7 Å². The Morgan fingerprint density at radius 2 is 1.76 bits per heavy atom. The van der Waals surface area contributed by atoms with Crippen molar-refractivity contribution in [2.24, 2.45) is 5.41 Å². The summed E-state index contributed by atoms with van der Waals surface area (Å²) in [5, 5.41) is 34.7. The zero-order valence-corrected chi connectivity index (χ0v) is 44.5. The Morgan fingerprint density at radius 3 is 2.46 bits per heavy atom. The van der Waals surface area contributed by atoms with Gasteiger partial charge in [0.05, 0.1) is 54.0 Å². The lowest BCUT2D eigenvalue weighted by Gasteiger charge is -2.31. The van der Waals surface area contributed by atoms with E-state index in [4.69, 9.17) is 38.9 Å². The van der Waals surface area contributed by atoms with Crippen LogP contribution in [0.15, 0.2) is 88.5 Å². The summed E-state index contributed by atoms with van der Waals surface area (Å²) in [5.41, 5.74) is 7.24. The summed E-state index contributed by atoms with van der Waals surface area (Å²) in [7, 11) is -15.7. The van der Waals surface area contributed by atoms with Crippen LogP contribution in [0.2, 0.25) is 0 Å². The van der Waals surface area contributed by atoms with E-state index in [1.165, 1.54) is 72.5 Å². The van der Waals surface area contributed by atoms with Gasteiger partial charge in [0, 0.05) is 76.9 Å². The van der Waals surface area contributed by atoms with Gasteiger partial charge in [-0.25, -0.2) is 23.7 Å². The summed E-state index contributed by atoms with van der Waals surface area (Å²) in [5.74, 6) is 5.76. The summed E-state index contributed by atoms with van der Waals surface area (Å²) >= 11 is 0. The zero-order chi connectivity index (χ0) is 57.4. The van der Waals surface area contributed by atoms with E-state index in [1.807, 2.05) is 0 Å². The van der Waals surface area contributed by atoms with E-state index in [0.29, 0.717) is 27.6 Å².